The Labute approximate surface area is 293 Å². The molecule has 0 aliphatic carbocycles. The Bertz CT molecular complexity index is 1550. The van der Waals surface area contributed by atoms with Gasteiger partial charge in [0, 0.05) is 34.1 Å². The summed E-state index contributed by atoms with van der Waals surface area (Å²) in [5.41, 5.74) is 2.62. The Morgan fingerprint density at radius 1 is 0.840 bits per heavy atom. The lowest BCUT2D eigenvalue weighted by atomic mass is 9.89. The lowest BCUT2D eigenvalue weighted by Gasteiger charge is -2.47. The molecule has 50 heavy (non-hydrogen) atoms. The van der Waals surface area contributed by atoms with Crippen LogP contribution in [-0.2, 0) is 68.4 Å². The molecule has 0 aromatic heterocycles. The van der Waals surface area contributed by atoms with Gasteiger partial charge in [-0.2, -0.15) is 0 Å². The molecular weight excluding hydrogens is 680 g/mol. The number of methoxy groups -OCH3 is 1. The highest BCUT2D eigenvalue weighted by Crippen LogP contribution is 2.38. The van der Waals surface area contributed by atoms with E-state index in [9.17, 15) is 33.6 Å². The third-order valence-corrected chi connectivity index (χ3v) is 7.72. The summed E-state index contributed by atoms with van der Waals surface area (Å²) in [6.45, 7) is 3.03. The zero-order chi connectivity index (χ0) is 37.0. The fourth-order valence-corrected chi connectivity index (χ4v) is 5.61. The van der Waals surface area contributed by atoms with Crippen molar-refractivity contribution in [2.45, 2.75) is 76.1 Å². The number of carbonyl (C=O) groups is 7. The van der Waals surface area contributed by atoms with Crippen molar-refractivity contribution in [3.8, 4) is 11.1 Å². The van der Waals surface area contributed by atoms with E-state index in [0.29, 0.717) is 5.56 Å². The molecule has 1 fully saturated rings. The Hall–Kier alpha value is -5.02. The average molecular weight is 719 g/mol. The lowest BCUT2D eigenvalue weighted by molar-refractivity contribution is -0.222. The lowest BCUT2D eigenvalue weighted by Crippen LogP contribution is -2.68. The van der Waals surface area contributed by atoms with Crippen molar-refractivity contribution in [3.05, 3.63) is 60.2 Å². The molecule has 16 heteroatoms. The van der Waals surface area contributed by atoms with Gasteiger partial charge >= 0.3 is 29.8 Å². The van der Waals surface area contributed by atoms with Crippen LogP contribution in [0.1, 0.15) is 39.7 Å². The topological polar surface area (TPSA) is 199 Å². The highest BCUT2D eigenvalue weighted by molar-refractivity contribution is 6.32. The number of benzene rings is 2. The van der Waals surface area contributed by atoms with Crippen molar-refractivity contribution in [2.75, 3.05) is 20.3 Å². The van der Waals surface area contributed by atoms with E-state index in [1.165, 1.54) is 0 Å². The van der Waals surface area contributed by atoms with Gasteiger partial charge in [0.05, 0.1) is 26.1 Å². The van der Waals surface area contributed by atoms with Crippen molar-refractivity contribution < 1.29 is 62.0 Å². The van der Waals surface area contributed by atoms with Crippen LogP contribution in [0.2, 0.25) is 0 Å². The number of ether oxygens (including phenoxy) is 6. The minimum absolute atomic E-state index is 0.0729. The number of hydrogen-bond donors (Lipinski definition) is 2. The highest BCUT2D eigenvalue weighted by Gasteiger charge is 2.57. The normalized spacial score (nSPS) is 21.0. The summed E-state index contributed by atoms with van der Waals surface area (Å²) in [6, 6.07) is 15.5. The van der Waals surface area contributed by atoms with Crippen LogP contribution >= 0.6 is 11.6 Å². The smallest absolute Gasteiger partial charge is 0.354 e. The second kappa shape index (κ2) is 18.1. The van der Waals surface area contributed by atoms with Gasteiger partial charge in [0.25, 0.3) is 5.91 Å². The van der Waals surface area contributed by atoms with E-state index >= 15 is 0 Å². The number of alkyl halides is 1. The molecule has 0 spiro atoms. The Morgan fingerprint density at radius 2 is 1.46 bits per heavy atom. The summed E-state index contributed by atoms with van der Waals surface area (Å²) >= 11 is 6.57. The number of rotatable bonds is 14. The van der Waals surface area contributed by atoms with Crippen LogP contribution in [-0.4, -0.2) is 97.4 Å². The molecule has 1 heterocycles. The first-order chi connectivity index (χ1) is 23.6. The van der Waals surface area contributed by atoms with Crippen molar-refractivity contribution in [1.82, 2.24) is 10.6 Å². The molecule has 1 saturated heterocycles. The molecule has 0 unspecified atom stereocenters. The van der Waals surface area contributed by atoms with E-state index in [-0.39, 0.29) is 6.42 Å². The average Bonchev–Trinajstić information content (AvgIpc) is 3.05. The van der Waals surface area contributed by atoms with Gasteiger partial charge in [0.2, 0.25) is 11.0 Å². The van der Waals surface area contributed by atoms with E-state index < -0.39 is 96.8 Å². The Morgan fingerprint density at radius 3 is 2.02 bits per heavy atom. The van der Waals surface area contributed by atoms with Gasteiger partial charge in [0.1, 0.15) is 12.2 Å². The van der Waals surface area contributed by atoms with Gasteiger partial charge in [-0.15, -0.1) is 0 Å². The van der Waals surface area contributed by atoms with E-state index in [4.69, 9.17) is 40.0 Å². The van der Waals surface area contributed by atoms with Crippen LogP contribution in [0.5, 0.6) is 0 Å². The molecule has 1 aliphatic heterocycles. The second-order valence-electron chi connectivity index (χ2n) is 11.3. The highest BCUT2D eigenvalue weighted by atomic mass is 35.5. The number of nitrogens with one attached hydrogen (secondary N) is 2. The fourth-order valence-electron chi connectivity index (χ4n) is 5.28. The molecule has 0 bridgehead atoms. The summed E-state index contributed by atoms with van der Waals surface area (Å²) in [5, 5.41) is 2.79. The summed E-state index contributed by atoms with van der Waals surface area (Å²) in [5.74, 6) is -5.90. The first-order valence-electron chi connectivity index (χ1n) is 15.4. The molecule has 1 aliphatic rings. The number of carbonyl (C=O) groups excluding carboxylic acids is 7. The molecule has 0 saturated carbocycles. The molecule has 0 radical (unpaired) electrons. The van der Waals surface area contributed by atoms with E-state index in [1.54, 1.807) is 12.1 Å². The van der Waals surface area contributed by atoms with Crippen LogP contribution in [0.3, 0.4) is 0 Å². The van der Waals surface area contributed by atoms with E-state index in [2.05, 4.69) is 10.6 Å². The van der Waals surface area contributed by atoms with Gasteiger partial charge < -0.3 is 39.1 Å². The van der Waals surface area contributed by atoms with Crippen LogP contribution in [0, 0.1) is 0 Å². The number of halogens is 1. The largest absolute Gasteiger partial charge is 0.466 e. The zero-order valence-electron chi connectivity index (χ0n) is 28.1. The van der Waals surface area contributed by atoms with Crippen LogP contribution in [0.25, 0.3) is 11.1 Å². The van der Waals surface area contributed by atoms with Gasteiger partial charge in [-0.05, 0) is 16.7 Å². The van der Waals surface area contributed by atoms with Crippen LogP contribution < -0.4 is 10.6 Å². The SMILES string of the molecule is COC(=O)[C@]1(Cl)C[C@H](OC(C)=O)[C@@H](NC(=O)COC(C)=O)[C@H]([C@H](OC(C)=O)[C@@H](CNC(=O)Cc2ccc(-c3ccccc3)cc2)OC(C)=O)O1. The van der Waals surface area contributed by atoms with Crippen molar-refractivity contribution in [3.63, 3.8) is 0 Å². The number of amides is 2. The molecule has 2 aromatic rings. The maximum absolute atomic E-state index is 13.1. The predicted molar refractivity (Wildman–Crippen MR) is 174 cm³/mol. The molecular formula is C34H39ClN2O13. The van der Waals surface area contributed by atoms with Crippen molar-refractivity contribution in [2.24, 2.45) is 0 Å². The molecule has 2 amide bonds. The van der Waals surface area contributed by atoms with E-state index in [0.717, 1.165) is 45.9 Å². The van der Waals surface area contributed by atoms with Crippen molar-refractivity contribution >= 4 is 53.3 Å². The third-order valence-electron chi connectivity index (χ3n) is 7.32. The molecule has 6 atom stereocenters. The molecule has 270 valence electrons. The summed E-state index contributed by atoms with van der Waals surface area (Å²) in [7, 11) is 1.02. The fraction of sp³-hybridized carbons (Fsp3) is 0.441. The number of esters is 5. The maximum Gasteiger partial charge on any atom is 0.354 e. The minimum atomic E-state index is -2.36. The van der Waals surface area contributed by atoms with Gasteiger partial charge in [-0.25, -0.2) is 4.79 Å². The molecule has 2 aromatic carbocycles. The quantitative estimate of drug-likeness (QED) is 0.163. The monoisotopic (exact) mass is 718 g/mol. The van der Waals surface area contributed by atoms with Gasteiger partial charge in [-0.3, -0.25) is 28.8 Å². The Balaban J connectivity index is 1.94. The maximum atomic E-state index is 13.1. The second-order valence-corrected chi connectivity index (χ2v) is 11.9. The van der Waals surface area contributed by atoms with Gasteiger partial charge in [-0.1, -0.05) is 66.2 Å². The standard InChI is InChI=1S/C34H39ClN2O13/c1-19(38)46-18-29(43)37-30-26(47-20(2)39)16-34(35,33(44)45-5)50-32(30)31(49-22(4)41)27(48-21(3)40)17-36-28(42)15-23-11-13-25(14-12-23)24-9-7-6-8-10-24/h6-14,26-27,30-32H,15-18H2,1-5H3,(H,36,42)(H,37,43)/t26-,27+,30+,31+,32+,34-/m0/s1. The zero-order valence-corrected chi connectivity index (χ0v) is 28.9. The molecule has 3 rings (SSSR count). The minimum Gasteiger partial charge on any atom is -0.466 e. The van der Waals surface area contributed by atoms with Gasteiger partial charge in [0.15, 0.2) is 18.8 Å². The van der Waals surface area contributed by atoms with Crippen LogP contribution in [0.15, 0.2) is 54.6 Å². The molecule has 15 nitrogen and oxygen atoms in total. The third kappa shape index (κ3) is 11.6. The Kier molecular flexibility index (Phi) is 14.3. The first kappa shape index (κ1) is 39.4. The van der Waals surface area contributed by atoms with E-state index in [1.807, 2.05) is 42.5 Å². The molecule has 2 N–H and O–H groups in total. The first-order valence-corrected chi connectivity index (χ1v) is 15.8. The van der Waals surface area contributed by atoms with Crippen LogP contribution in [0.4, 0.5) is 0 Å². The summed E-state index contributed by atoms with van der Waals surface area (Å²) in [6.07, 6.45) is -6.94. The number of hydrogen-bond acceptors (Lipinski definition) is 13. The summed E-state index contributed by atoms with van der Waals surface area (Å²) < 4.78 is 31.9. The predicted octanol–water partition coefficient (Wildman–Crippen LogP) is 1.75. The summed E-state index contributed by atoms with van der Waals surface area (Å²) in [4.78, 5) is 87.1. The van der Waals surface area contributed by atoms with Crippen molar-refractivity contribution in [1.29, 1.82) is 0 Å².